The number of carbonyl (C=O) groups is 1. The van der Waals surface area contributed by atoms with E-state index in [-0.39, 0.29) is 12.3 Å². The Morgan fingerprint density at radius 2 is 2.12 bits per heavy atom. The minimum atomic E-state index is -0.626. The lowest BCUT2D eigenvalue weighted by Crippen LogP contribution is -2.16. The second-order valence-electron chi connectivity index (χ2n) is 3.30. The van der Waals surface area contributed by atoms with Crippen LogP contribution in [0.3, 0.4) is 0 Å². The van der Waals surface area contributed by atoms with Gasteiger partial charge in [0.1, 0.15) is 0 Å². The highest BCUT2D eigenvalue weighted by Crippen LogP contribution is 2.00. The molecule has 0 N–H and O–H groups in total. The van der Waals surface area contributed by atoms with Crippen LogP contribution in [0.25, 0.3) is 5.53 Å². The van der Waals surface area contributed by atoms with E-state index < -0.39 is 5.97 Å². The van der Waals surface area contributed by atoms with Gasteiger partial charge >= 0.3 is 11.7 Å². The van der Waals surface area contributed by atoms with Crippen molar-refractivity contribution in [3.05, 3.63) is 53.6 Å². The van der Waals surface area contributed by atoms with Crippen molar-refractivity contribution in [1.82, 2.24) is 0 Å². The average molecular weight is 230 g/mol. The molecule has 0 heterocycles. The molecule has 0 fully saturated rings. The molecule has 0 unspecified atom stereocenters. The molecule has 0 aliphatic carbocycles. The number of hydrogen-bond acceptors (Lipinski definition) is 2. The van der Waals surface area contributed by atoms with E-state index in [0.717, 1.165) is 5.56 Å². The molecular formula is C13H14N2O2. The first-order valence-corrected chi connectivity index (χ1v) is 5.37. The summed E-state index contributed by atoms with van der Waals surface area (Å²) >= 11 is 0. The fourth-order valence-electron chi connectivity index (χ4n) is 1.27. The molecule has 1 aromatic carbocycles. The molecule has 0 saturated carbocycles. The Hall–Kier alpha value is -2.19. The Bertz CT molecular complexity index is 446. The van der Waals surface area contributed by atoms with Crippen LogP contribution in [0.2, 0.25) is 0 Å². The zero-order valence-corrected chi connectivity index (χ0v) is 9.67. The zero-order valence-electron chi connectivity index (χ0n) is 9.67. The number of rotatable bonds is 5. The van der Waals surface area contributed by atoms with Gasteiger partial charge in [0.25, 0.3) is 0 Å². The van der Waals surface area contributed by atoms with E-state index in [1.807, 2.05) is 30.3 Å². The fraction of sp³-hybridized carbons (Fsp3) is 0.231. The molecule has 0 aliphatic heterocycles. The van der Waals surface area contributed by atoms with Crippen LogP contribution < -0.4 is 0 Å². The van der Waals surface area contributed by atoms with Crippen LogP contribution in [0.5, 0.6) is 0 Å². The van der Waals surface area contributed by atoms with Gasteiger partial charge in [-0.05, 0) is 18.9 Å². The molecule has 17 heavy (non-hydrogen) atoms. The van der Waals surface area contributed by atoms with Crippen molar-refractivity contribution in [2.75, 3.05) is 6.61 Å². The van der Waals surface area contributed by atoms with Crippen LogP contribution in [-0.2, 0) is 16.0 Å². The van der Waals surface area contributed by atoms with E-state index in [1.165, 1.54) is 6.08 Å². The van der Waals surface area contributed by atoms with Gasteiger partial charge in [0.2, 0.25) is 0 Å². The molecule has 0 atom stereocenters. The number of nitrogens with zero attached hydrogens (tertiary/aromatic N) is 2. The SMILES string of the molecule is CCOC(=O)C(/C=C/Cc1ccccc1)=[N+]=[N-]. The van der Waals surface area contributed by atoms with Crippen LogP contribution in [0, 0.1) is 0 Å². The Labute approximate surface area is 100 Å². The largest absolute Gasteiger partial charge is 0.457 e. The van der Waals surface area contributed by atoms with E-state index in [9.17, 15) is 4.79 Å². The second kappa shape index (κ2) is 7.14. The van der Waals surface area contributed by atoms with E-state index in [1.54, 1.807) is 13.0 Å². The lowest BCUT2D eigenvalue weighted by molar-refractivity contribution is -0.139. The van der Waals surface area contributed by atoms with Gasteiger partial charge in [0.15, 0.2) is 0 Å². The minimum Gasteiger partial charge on any atom is -0.457 e. The standard InChI is InChI=1S/C13H14N2O2/c1-2-17-13(16)12(15-14)10-6-9-11-7-4-3-5-8-11/h3-8,10H,2,9H2,1H3/b10-6+. The van der Waals surface area contributed by atoms with Crippen LogP contribution in [0.1, 0.15) is 12.5 Å². The summed E-state index contributed by atoms with van der Waals surface area (Å²) in [6.07, 6.45) is 3.87. The molecule has 0 radical (unpaired) electrons. The minimum absolute atomic E-state index is 0.0946. The summed E-state index contributed by atoms with van der Waals surface area (Å²) in [5, 5.41) is 0. The Morgan fingerprint density at radius 1 is 1.41 bits per heavy atom. The highest BCUT2D eigenvalue weighted by atomic mass is 16.5. The summed E-state index contributed by atoms with van der Waals surface area (Å²) in [4.78, 5) is 14.1. The van der Waals surface area contributed by atoms with Crippen molar-refractivity contribution in [1.29, 1.82) is 0 Å². The summed E-state index contributed by atoms with van der Waals surface area (Å²) < 4.78 is 4.72. The van der Waals surface area contributed by atoms with E-state index in [0.29, 0.717) is 6.42 Å². The highest BCUT2D eigenvalue weighted by Gasteiger charge is 2.16. The van der Waals surface area contributed by atoms with Crippen molar-refractivity contribution in [3.63, 3.8) is 0 Å². The maximum atomic E-state index is 11.3. The maximum absolute atomic E-state index is 11.3. The van der Waals surface area contributed by atoms with Crippen molar-refractivity contribution < 1.29 is 14.3 Å². The third-order valence-corrected chi connectivity index (χ3v) is 2.06. The molecular weight excluding hydrogens is 216 g/mol. The molecule has 0 saturated heterocycles. The Balaban J connectivity index is 2.58. The third kappa shape index (κ3) is 4.45. The van der Waals surface area contributed by atoms with Gasteiger partial charge in [-0.3, -0.25) is 0 Å². The fourth-order valence-corrected chi connectivity index (χ4v) is 1.27. The van der Waals surface area contributed by atoms with E-state index >= 15 is 0 Å². The monoisotopic (exact) mass is 230 g/mol. The first-order chi connectivity index (χ1) is 8.27. The molecule has 0 aliphatic rings. The summed E-state index contributed by atoms with van der Waals surface area (Å²) in [5.74, 6) is -0.626. The topological polar surface area (TPSA) is 62.7 Å². The van der Waals surface area contributed by atoms with Gasteiger partial charge in [-0.25, -0.2) is 4.79 Å². The lowest BCUT2D eigenvalue weighted by atomic mass is 10.1. The van der Waals surface area contributed by atoms with Gasteiger partial charge in [-0.1, -0.05) is 36.4 Å². The van der Waals surface area contributed by atoms with Crippen LogP contribution >= 0.6 is 0 Å². The molecule has 0 bridgehead atoms. The summed E-state index contributed by atoms with van der Waals surface area (Å²) in [7, 11) is 0. The number of benzene rings is 1. The van der Waals surface area contributed by atoms with Crippen LogP contribution in [-0.4, -0.2) is 23.1 Å². The zero-order chi connectivity index (χ0) is 12.5. The van der Waals surface area contributed by atoms with E-state index in [2.05, 4.69) is 4.79 Å². The first kappa shape index (κ1) is 12.9. The van der Waals surface area contributed by atoms with Gasteiger partial charge in [-0.15, -0.1) is 0 Å². The van der Waals surface area contributed by atoms with Crippen molar-refractivity contribution in [2.24, 2.45) is 0 Å². The maximum Gasteiger partial charge on any atom is 0.421 e. The van der Waals surface area contributed by atoms with Crippen LogP contribution in [0.4, 0.5) is 0 Å². The molecule has 4 nitrogen and oxygen atoms in total. The smallest absolute Gasteiger partial charge is 0.421 e. The van der Waals surface area contributed by atoms with Crippen LogP contribution in [0.15, 0.2) is 42.5 Å². The summed E-state index contributed by atoms with van der Waals surface area (Å²) in [6, 6.07) is 9.77. The van der Waals surface area contributed by atoms with Gasteiger partial charge in [-0.2, -0.15) is 4.79 Å². The molecule has 0 amide bonds. The van der Waals surface area contributed by atoms with Gasteiger partial charge < -0.3 is 10.3 Å². The van der Waals surface area contributed by atoms with E-state index in [4.69, 9.17) is 10.3 Å². The summed E-state index contributed by atoms with van der Waals surface area (Å²) in [5.41, 5.74) is 9.68. The molecule has 0 aromatic heterocycles. The number of ether oxygens (including phenoxy) is 1. The lowest BCUT2D eigenvalue weighted by Gasteiger charge is -1.94. The molecule has 88 valence electrons. The number of esters is 1. The second-order valence-corrected chi connectivity index (χ2v) is 3.30. The average Bonchev–Trinajstić information content (AvgIpc) is 2.36. The quantitative estimate of drug-likeness (QED) is 0.336. The Kier molecular flexibility index (Phi) is 5.41. The molecule has 0 spiro atoms. The number of carbonyl (C=O) groups excluding carboxylic acids is 1. The van der Waals surface area contributed by atoms with Gasteiger partial charge in [0, 0.05) is 6.08 Å². The van der Waals surface area contributed by atoms with Crippen molar-refractivity contribution >= 4 is 11.7 Å². The molecule has 4 heteroatoms. The molecule has 1 rings (SSSR count). The normalized spacial score (nSPS) is 9.94. The first-order valence-electron chi connectivity index (χ1n) is 5.37. The van der Waals surface area contributed by atoms with Gasteiger partial charge in [0.05, 0.1) is 6.61 Å². The summed E-state index contributed by atoms with van der Waals surface area (Å²) in [6.45, 7) is 1.95. The predicted octanol–water partition coefficient (Wildman–Crippen LogP) is 2.02. The Morgan fingerprint density at radius 3 is 2.71 bits per heavy atom. The predicted molar refractivity (Wildman–Crippen MR) is 64.5 cm³/mol. The molecule has 1 aromatic rings. The number of hydrogen-bond donors (Lipinski definition) is 0. The van der Waals surface area contributed by atoms with Crippen molar-refractivity contribution in [2.45, 2.75) is 13.3 Å². The highest BCUT2D eigenvalue weighted by molar-refractivity contribution is 6.38. The number of allylic oxidation sites excluding steroid dienone is 1. The van der Waals surface area contributed by atoms with Crippen molar-refractivity contribution in [3.8, 4) is 0 Å². The third-order valence-electron chi connectivity index (χ3n) is 2.06.